The molecule has 0 spiro atoms. The molecule has 2 aromatic rings. The molecule has 2 rings (SSSR count). The lowest BCUT2D eigenvalue weighted by Gasteiger charge is -2.00. The van der Waals surface area contributed by atoms with E-state index in [1.54, 1.807) is 6.20 Å². The quantitative estimate of drug-likeness (QED) is 0.448. The van der Waals surface area contributed by atoms with E-state index in [1.807, 2.05) is 30.3 Å². The zero-order valence-corrected chi connectivity index (χ0v) is 11.6. The van der Waals surface area contributed by atoms with Crippen LogP contribution in [0.15, 0.2) is 41.7 Å². The molecule has 8 nitrogen and oxygen atoms in total. The SMILES string of the molecule is CNC(=O)C/C(N)=N\OCc1cnn(-c2ccccc2)n1. The molecule has 0 radical (unpaired) electrons. The van der Waals surface area contributed by atoms with E-state index in [0.717, 1.165) is 5.69 Å². The summed E-state index contributed by atoms with van der Waals surface area (Å²) in [6.45, 7) is 0.126. The van der Waals surface area contributed by atoms with Gasteiger partial charge in [-0.05, 0) is 12.1 Å². The molecule has 0 aliphatic rings. The molecule has 0 aliphatic carbocycles. The number of benzene rings is 1. The number of carbonyl (C=O) groups excluding carboxylic acids is 1. The first-order chi connectivity index (χ1) is 10.2. The van der Waals surface area contributed by atoms with Gasteiger partial charge in [-0.25, -0.2) is 0 Å². The van der Waals surface area contributed by atoms with Gasteiger partial charge in [0, 0.05) is 7.05 Å². The van der Waals surface area contributed by atoms with Crippen molar-refractivity contribution < 1.29 is 9.63 Å². The number of nitrogens with two attached hydrogens (primary N) is 1. The summed E-state index contributed by atoms with van der Waals surface area (Å²) in [4.78, 5) is 17.6. The Bertz CT molecular complexity index is 623. The number of nitrogens with one attached hydrogen (secondary N) is 1. The first kappa shape index (κ1) is 14.5. The zero-order valence-electron chi connectivity index (χ0n) is 11.6. The van der Waals surface area contributed by atoms with Crippen LogP contribution in [0.2, 0.25) is 0 Å². The van der Waals surface area contributed by atoms with Gasteiger partial charge in [0.2, 0.25) is 5.91 Å². The Balaban J connectivity index is 1.89. The third kappa shape index (κ3) is 4.30. The number of hydrogen-bond donors (Lipinski definition) is 2. The van der Waals surface area contributed by atoms with Crippen LogP contribution >= 0.6 is 0 Å². The minimum atomic E-state index is -0.227. The second-order valence-corrected chi connectivity index (χ2v) is 4.17. The van der Waals surface area contributed by atoms with Crippen LogP contribution in [0.25, 0.3) is 5.69 Å². The molecule has 110 valence electrons. The summed E-state index contributed by atoms with van der Waals surface area (Å²) in [6, 6.07) is 9.51. The number of rotatable bonds is 6. The van der Waals surface area contributed by atoms with Gasteiger partial charge in [-0.1, -0.05) is 23.4 Å². The summed E-state index contributed by atoms with van der Waals surface area (Å²) in [5.41, 5.74) is 6.99. The molecule has 0 aliphatic heterocycles. The minimum Gasteiger partial charge on any atom is -0.388 e. The maximum absolute atomic E-state index is 11.1. The third-order valence-electron chi connectivity index (χ3n) is 2.54. The molecule has 0 atom stereocenters. The summed E-state index contributed by atoms with van der Waals surface area (Å²) in [5.74, 6) is -0.125. The third-order valence-corrected chi connectivity index (χ3v) is 2.54. The van der Waals surface area contributed by atoms with Gasteiger partial charge in [0.05, 0.1) is 18.3 Å². The lowest BCUT2D eigenvalue weighted by Crippen LogP contribution is -2.25. The fraction of sp³-hybridized carbons (Fsp3) is 0.231. The van der Waals surface area contributed by atoms with Crippen molar-refractivity contribution in [2.24, 2.45) is 10.9 Å². The molecule has 1 amide bonds. The van der Waals surface area contributed by atoms with Crippen molar-refractivity contribution in [1.29, 1.82) is 0 Å². The van der Waals surface area contributed by atoms with Crippen molar-refractivity contribution in [3.63, 3.8) is 0 Å². The molecule has 0 unspecified atom stereocenters. The molecule has 8 heteroatoms. The van der Waals surface area contributed by atoms with Crippen LogP contribution in [0, 0.1) is 0 Å². The Morgan fingerprint density at radius 2 is 2.19 bits per heavy atom. The number of nitrogens with zero attached hydrogens (tertiary/aromatic N) is 4. The topological polar surface area (TPSA) is 107 Å². The van der Waals surface area contributed by atoms with Gasteiger partial charge in [0.25, 0.3) is 0 Å². The second-order valence-electron chi connectivity index (χ2n) is 4.17. The number of amidine groups is 1. The highest BCUT2D eigenvalue weighted by molar-refractivity contribution is 5.98. The van der Waals surface area contributed by atoms with Crippen molar-refractivity contribution in [3.05, 3.63) is 42.2 Å². The smallest absolute Gasteiger partial charge is 0.227 e. The molecule has 1 aromatic heterocycles. The number of hydrogen-bond acceptors (Lipinski definition) is 5. The summed E-state index contributed by atoms with van der Waals surface area (Å²) in [6.07, 6.45) is 1.57. The van der Waals surface area contributed by atoms with Gasteiger partial charge in [0.1, 0.15) is 11.5 Å². The monoisotopic (exact) mass is 288 g/mol. The first-order valence-electron chi connectivity index (χ1n) is 6.30. The summed E-state index contributed by atoms with van der Waals surface area (Å²) >= 11 is 0. The summed E-state index contributed by atoms with van der Waals surface area (Å²) in [5, 5.41) is 14.5. The number of carbonyl (C=O) groups is 1. The van der Waals surface area contributed by atoms with Gasteiger partial charge in [-0.3, -0.25) is 4.79 Å². The molecular formula is C13H16N6O2. The van der Waals surface area contributed by atoms with E-state index in [2.05, 4.69) is 20.7 Å². The highest BCUT2D eigenvalue weighted by atomic mass is 16.6. The molecule has 1 heterocycles. The van der Waals surface area contributed by atoms with Crippen LogP contribution in [0.4, 0.5) is 0 Å². The number of amides is 1. The van der Waals surface area contributed by atoms with E-state index in [4.69, 9.17) is 10.6 Å². The number of para-hydroxylation sites is 1. The van der Waals surface area contributed by atoms with Crippen molar-refractivity contribution in [2.75, 3.05) is 7.05 Å². The molecular weight excluding hydrogens is 272 g/mol. The van der Waals surface area contributed by atoms with Crippen molar-refractivity contribution >= 4 is 11.7 Å². The summed E-state index contributed by atoms with van der Waals surface area (Å²) < 4.78 is 0. The largest absolute Gasteiger partial charge is 0.388 e. The molecule has 0 bridgehead atoms. The van der Waals surface area contributed by atoms with Gasteiger partial charge in [0.15, 0.2) is 6.61 Å². The number of aromatic nitrogens is 3. The van der Waals surface area contributed by atoms with Gasteiger partial charge in [-0.15, -0.1) is 5.10 Å². The first-order valence-corrected chi connectivity index (χ1v) is 6.30. The second kappa shape index (κ2) is 7.04. The van der Waals surface area contributed by atoms with Crippen LogP contribution in [0.1, 0.15) is 12.1 Å². The maximum atomic E-state index is 11.1. The highest BCUT2D eigenvalue weighted by Crippen LogP contribution is 2.04. The van der Waals surface area contributed by atoms with Crippen LogP contribution in [-0.4, -0.2) is 33.8 Å². The summed E-state index contributed by atoms with van der Waals surface area (Å²) in [7, 11) is 1.53. The van der Waals surface area contributed by atoms with E-state index in [-0.39, 0.29) is 24.8 Å². The number of oxime groups is 1. The maximum Gasteiger partial charge on any atom is 0.227 e. The predicted molar refractivity (Wildman–Crippen MR) is 76.5 cm³/mol. The average molecular weight is 288 g/mol. The lowest BCUT2D eigenvalue weighted by atomic mass is 10.3. The average Bonchev–Trinajstić information content (AvgIpc) is 2.97. The molecule has 1 aromatic carbocycles. The van der Waals surface area contributed by atoms with Crippen LogP contribution < -0.4 is 11.1 Å². The fourth-order valence-electron chi connectivity index (χ4n) is 1.51. The Morgan fingerprint density at radius 3 is 2.90 bits per heavy atom. The van der Waals surface area contributed by atoms with Gasteiger partial charge >= 0.3 is 0 Å². The zero-order chi connectivity index (χ0) is 15.1. The molecule has 0 fully saturated rings. The van der Waals surface area contributed by atoms with Crippen LogP contribution in [-0.2, 0) is 16.2 Å². The van der Waals surface area contributed by atoms with Crippen molar-refractivity contribution in [1.82, 2.24) is 20.3 Å². The Kier molecular flexibility index (Phi) is 4.86. The molecule has 21 heavy (non-hydrogen) atoms. The predicted octanol–water partition coefficient (Wildman–Crippen LogP) is 0.192. The van der Waals surface area contributed by atoms with E-state index in [9.17, 15) is 4.79 Å². The van der Waals surface area contributed by atoms with E-state index in [1.165, 1.54) is 11.8 Å². The normalized spacial score (nSPS) is 11.2. The van der Waals surface area contributed by atoms with Gasteiger partial charge < -0.3 is 15.9 Å². The Hall–Kier alpha value is -2.90. The van der Waals surface area contributed by atoms with Crippen molar-refractivity contribution in [3.8, 4) is 5.69 Å². The van der Waals surface area contributed by atoms with Crippen LogP contribution in [0.3, 0.4) is 0 Å². The van der Waals surface area contributed by atoms with E-state index >= 15 is 0 Å². The minimum absolute atomic E-state index is 0.00674. The van der Waals surface area contributed by atoms with Gasteiger partial charge in [-0.2, -0.15) is 9.90 Å². The Morgan fingerprint density at radius 1 is 1.43 bits per heavy atom. The lowest BCUT2D eigenvalue weighted by molar-refractivity contribution is -0.119. The van der Waals surface area contributed by atoms with E-state index < -0.39 is 0 Å². The molecule has 0 saturated carbocycles. The van der Waals surface area contributed by atoms with E-state index in [0.29, 0.717) is 5.69 Å². The molecule has 0 saturated heterocycles. The highest BCUT2D eigenvalue weighted by Gasteiger charge is 2.04. The standard InChI is InChI=1S/C13H16N6O2/c1-15-13(20)7-12(14)18-21-9-10-8-16-19(17-10)11-5-3-2-4-6-11/h2-6,8H,7,9H2,1H3,(H2,14,18)(H,15,20). The van der Waals surface area contributed by atoms with Crippen molar-refractivity contribution in [2.45, 2.75) is 13.0 Å². The Labute approximate surface area is 121 Å². The van der Waals surface area contributed by atoms with Crippen LogP contribution in [0.5, 0.6) is 0 Å². The molecule has 3 N–H and O–H groups in total. The fourth-order valence-corrected chi connectivity index (χ4v) is 1.51.